The van der Waals surface area contributed by atoms with Crippen LogP contribution in [0.1, 0.15) is 25.5 Å². The zero-order chi connectivity index (χ0) is 21.7. The molecule has 0 radical (unpaired) electrons. The van der Waals surface area contributed by atoms with Crippen LogP contribution in [0.5, 0.6) is 0 Å². The second kappa shape index (κ2) is 9.18. The standard InChI is InChI=1S/C19H24N6O4S/c1-3-20-16-12-13(2)23-19(24-16)21-10-11-22-30(28,29)15-6-4-14(5-7-15)25-17(26)8-9-18(25)27/h4-7,12,22H,3,8-11H2,1-2H3,(H2,20,21,23,24). The maximum atomic E-state index is 12.5. The summed E-state index contributed by atoms with van der Waals surface area (Å²) in [4.78, 5) is 33.3. The zero-order valence-electron chi connectivity index (χ0n) is 16.8. The van der Waals surface area contributed by atoms with Gasteiger partial charge in [-0.25, -0.2) is 18.1 Å². The molecule has 0 bridgehead atoms. The van der Waals surface area contributed by atoms with Crippen LogP contribution >= 0.6 is 0 Å². The molecule has 1 saturated heterocycles. The van der Waals surface area contributed by atoms with E-state index in [0.717, 1.165) is 17.1 Å². The van der Waals surface area contributed by atoms with Crippen LogP contribution in [-0.2, 0) is 19.6 Å². The molecule has 3 rings (SSSR count). The summed E-state index contributed by atoms with van der Waals surface area (Å²) < 4.78 is 27.4. The van der Waals surface area contributed by atoms with Crippen LogP contribution in [0.4, 0.5) is 17.5 Å². The van der Waals surface area contributed by atoms with E-state index in [1.54, 1.807) is 0 Å². The second-order valence-corrected chi connectivity index (χ2v) is 8.46. The number of amides is 2. The van der Waals surface area contributed by atoms with Crippen molar-refractivity contribution in [2.24, 2.45) is 0 Å². The van der Waals surface area contributed by atoms with E-state index in [-0.39, 0.29) is 36.1 Å². The molecule has 1 aliphatic heterocycles. The molecule has 1 aliphatic rings. The first-order chi connectivity index (χ1) is 14.3. The number of carbonyl (C=O) groups excluding carboxylic acids is 2. The number of carbonyl (C=O) groups is 2. The highest BCUT2D eigenvalue weighted by atomic mass is 32.2. The molecule has 0 atom stereocenters. The molecular weight excluding hydrogens is 408 g/mol. The van der Waals surface area contributed by atoms with E-state index in [4.69, 9.17) is 0 Å². The Morgan fingerprint density at radius 2 is 1.67 bits per heavy atom. The number of nitrogens with one attached hydrogen (secondary N) is 3. The van der Waals surface area contributed by atoms with Crippen LogP contribution < -0.4 is 20.3 Å². The Labute approximate surface area is 175 Å². The first kappa shape index (κ1) is 21.7. The van der Waals surface area contributed by atoms with Gasteiger partial charge in [-0.1, -0.05) is 0 Å². The number of aryl methyl sites for hydroxylation is 1. The van der Waals surface area contributed by atoms with Crippen LogP contribution in [0, 0.1) is 6.92 Å². The summed E-state index contributed by atoms with van der Waals surface area (Å²) in [6.45, 7) is 4.97. The number of anilines is 3. The maximum Gasteiger partial charge on any atom is 0.240 e. The number of hydrogen-bond acceptors (Lipinski definition) is 8. The predicted molar refractivity (Wildman–Crippen MR) is 113 cm³/mol. The lowest BCUT2D eigenvalue weighted by Gasteiger charge is -2.14. The van der Waals surface area contributed by atoms with Crippen molar-refractivity contribution in [2.45, 2.75) is 31.6 Å². The molecule has 11 heteroatoms. The van der Waals surface area contributed by atoms with Gasteiger partial charge in [-0.3, -0.25) is 14.5 Å². The highest BCUT2D eigenvalue weighted by molar-refractivity contribution is 7.89. The number of benzene rings is 1. The van der Waals surface area contributed by atoms with E-state index in [9.17, 15) is 18.0 Å². The quantitative estimate of drug-likeness (QED) is 0.398. The van der Waals surface area contributed by atoms with Gasteiger partial charge in [0.2, 0.25) is 27.8 Å². The third-order valence-electron chi connectivity index (χ3n) is 4.37. The van der Waals surface area contributed by atoms with E-state index in [0.29, 0.717) is 24.0 Å². The minimum absolute atomic E-state index is 0.0478. The average Bonchev–Trinajstić information content (AvgIpc) is 3.03. The maximum absolute atomic E-state index is 12.5. The van der Waals surface area contributed by atoms with Gasteiger partial charge in [0.05, 0.1) is 10.6 Å². The number of hydrogen-bond donors (Lipinski definition) is 3. The normalized spacial score (nSPS) is 14.3. The molecule has 0 spiro atoms. The molecule has 160 valence electrons. The Bertz CT molecular complexity index is 1020. The summed E-state index contributed by atoms with van der Waals surface area (Å²) in [5.74, 6) is 0.545. The highest BCUT2D eigenvalue weighted by Gasteiger charge is 2.30. The van der Waals surface area contributed by atoms with Gasteiger partial charge in [-0.05, 0) is 38.1 Å². The smallest absolute Gasteiger partial charge is 0.240 e. The van der Waals surface area contributed by atoms with Crippen LogP contribution in [0.2, 0.25) is 0 Å². The van der Waals surface area contributed by atoms with Crippen molar-refractivity contribution in [2.75, 3.05) is 35.2 Å². The average molecular weight is 433 g/mol. The predicted octanol–water partition coefficient (Wildman–Crippen LogP) is 1.26. The molecule has 1 aromatic carbocycles. The lowest BCUT2D eigenvalue weighted by atomic mass is 10.3. The molecule has 2 amide bonds. The fraction of sp³-hybridized carbons (Fsp3) is 0.368. The highest BCUT2D eigenvalue weighted by Crippen LogP contribution is 2.23. The van der Waals surface area contributed by atoms with Crippen LogP contribution in [0.3, 0.4) is 0 Å². The monoisotopic (exact) mass is 432 g/mol. The molecular formula is C19H24N6O4S. The summed E-state index contributed by atoms with van der Waals surface area (Å²) in [5, 5.41) is 6.10. The van der Waals surface area contributed by atoms with Gasteiger partial charge in [-0.15, -0.1) is 0 Å². The van der Waals surface area contributed by atoms with Gasteiger partial charge < -0.3 is 10.6 Å². The van der Waals surface area contributed by atoms with Crippen molar-refractivity contribution < 1.29 is 18.0 Å². The summed E-state index contributed by atoms with van der Waals surface area (Å²) in [6.07, 6.45) is 0.349. The van der Waals surface area contributed by atoms with Crippen LogP contribution in [-0.4, -0.2) is 49.8 Å². The molecule has 0 saturated carbocycles. The van der Waals surface area contributed by atoms with Crippen molar-refractivity contribution in [3.63, 3.8) is 0 Å². The first-order valence-electron chi connectivity index (χ1n) is 9.59. The molecule has 1 aromatic heterocycles. The van der Waals surface area contributed by atoms with Crippen molar-refractivity contribution >= 4 is 39.3 Å². The van der Waals surface area contributed by atoms with Gasteiger partial charge >= 0.3 is 0 Å². The SMILES string of the molecule is CCNc1cc(C)nc(NCCNS(=O)(=O)c2ccc(N3C(=O)CCC3=O)cc2)n1. The van der Waals surface area contributed by atoms with E-state index in [2.05, 4.69) is 25.3 Å². The zero-order valence-corrected chi connectivity index (χ0v) is 17.6. The minimum atomic E-state index is -3.74. The Morgan fingerprint density at radius 1 is 1.00 bits per heavy atom. The number of sulfonamides is 1. The minimum Gasteiger partial charge on any atom is -0.370 e. The third-order valence-corrected chi connectivity index (χ3v) is 5.85. The van der Waals surface area contributed by atoms with Crippen molar-refractivity contribution in [1.82, 2.24) is 14.7 Å². The molecule has 30 heavy (non-hydrogen) atoms. The lowest BCUT2D eigenvalue weighted by molar-refractivity contribution is -0.121. The second-order valence-electron chi connectivity index (χ2n) is 6.69. The number of nitrogens with zero attached hydrogens (tertiary/aromatic N) is 3. The fourth-order valence-corrected chi connectivity index (χ4v) is 4.03. The molecule has 0 unspecified atom stereocenters. The van der Waals surface area contributed by atoms with Gasteiger partial charge in [0.1, 0.15) is 5.82 Å². The van der Waals surface area contributed by atoms with Crippen molar-refractivity contribution in [3.8, 4) is 0 Å². The topological polar surface area (TPSA) is 133 Å². The Balaban J connectivity index is 1.57. The largest absolute Gasteiger partial charge is 0.370 e. The van der Waals surface area contributed by atoms with Crippen molar-refractivity contribution in [1.29, 1.82) is 0 Å². The summed E-state index contributed by atoms with van der Waals surface area (Å²) in [5.41, 5.74) is 1.16. The molecule has 2 aromatic rings. The van der Waals surface area contributed by atoms with Gasteiger partial charge in [0.15, 0.2) is 0 Å². The van der Waals surface area contributed by atoms with Gasteiger partial charge in [-0.2, -0.15) is 4.98 Å². The fourth-order valence-electron chi connectivity index (χ4n) is 3.00. The van der Waals surface area contributed by atoms with Crippen molar-refractivity contribution in [3.05, 3.63) is 36.0 Å². The number of aromatic nitrogens is 2. The first-order valence-corrected chi connectivity index (χ1v) is 11.1. The molecule has 10 nitrogen and oxygen atoms in total. The molecule has 1 fully saturated rings. The van der Waals surface area contributed by atoms with E-state index in [1.807, 2.05) is 19.9 Å². The third kappa shape index (κ3) is 5.10. The summed E-state index contributed by atoms with van der Waals surface area (Å²) in [6, 6.07) is 7.48. The van der Waals surface area contributed by atoms with E-state index < -0.39 is 10.0 Å². The molecule has 2 heterocycles. The van der Waals surface area contributed by atoms with E-state index in [1.165, 1.54) is 24.3 Å². The Morgan fingerprint density at radius 3 is 2.30 bits per heavy atom. The summed E-state index contributed by atoms with van der Waals surface area (Å²) in [7, 11) is -3.74. The van der Waals surface area contributed by atoms with Gasteiger partial charge in [0.25, 0.3) is 0 Å². The Kier molecular flexibility index (Phi) is 6.63. The summed E-state index contributed by atoms with van der Waals surface area (Å²) >= 11 is 0. The number of rotatable bonds is 9. The number of imide groups is 1. The van der Waals surface area contributed by atoms with Gasteiger partial charge in [0, 0.05) is 44.2 Å². The van der Waals surface area contributed by atoms with Crippen LogP contribution in [0.25, 0.3) is 0 Å². The lowest BCUT2D eigenvalue weighted by Crippen LogP contribution is -2.30. The molecule has 3 N–H and O–H groups in total. The van der Waals surface area contributed by atoms with E-state index >= 15 is 0 Å². The Hall–Kier alpha value is -3.05. The van der Waals surface area contributed by atoms with Crippen LogP contribution in [0.15, 0.2) is 35.2 Å². The molecule has 0 aliphatic carbocycles.